The SMILES string of the molecule is NC(c1cccc(Br)c1Cl)c1c(F)cc(F)cc1F. The standard InChI is InChI=1S/C13H8BrClF3N/c14-8-3-1-2-7(12(8)15)13(19)11-9(17)4-6(16)5-10(11)18/h1-5,13H,19H2. The van der Waals surface area contributed by atoms with E-state index in [-0.39, 0.29) is 5.02 Å². The highest BCUT2D eigenvalue weighted by Crippen LogP contribution is 2.34. The van der Waals surface area contributed by atoms with Crippen LogP contribution in [0.2, 0.25) is 5.02 Å². The molecule has 0 amide bonds. The minimum absolute atomic E-state index is 0.262. The van der Waals surface area contributed by atoms with Gasteiger partial charge in [-0.05, 0) is 27.6 Å². The van der Waals surface area contributed by atoms with Crippen molar-refractivity contribution in [3.8, 4) is 0 Å². The Balaban J connectivity index is 2.56. The van der Waals surface area contributed by atoms with E-state index in [4.69, 9.17) is 17.3 Å². The number of halogens is 5. The van der Waals surface area contributed by atoms with Crippen LogP contribution in [0, 0.1) is 17.5 Å². The molecule has 0 aliphatic heterocycles. The van der Waals surface area contributed by atoms with Crippen LogP contribution >= 0.6 is 27.5 Å². The van der Waals surface area contributed by atoms with E-state index in [0.29, 0.717) is 22.2 Å². The zero-order valence-corrected chi connectivity index (χ0v) is 11.8. The first kappa shape index (κ1) is 14.4. The molecular formula is C13H8BrClF3N. The molecule has 2 N–H and O–H groups in total. The van der Waals surface area contributed by atoms with Gasteiger partial charge < -0.3 is 5.73 Å². The number of hydrogen-bond acceptors (Lipinski definition) is 1. The van der Waals surface area contributed by atoms with Crippen LogP contribution in [0.1, 0.15) is 17.2 Å². The lowest BCUT2D eigenvalue weighted by atomic mass is 9.98. The highest BCUT2D eigenvalue weighted by atomic mass is 79.9. The fourth-order valence-electron chi connectivity index (χ4n) is 1.77. The molecule has 0 bridgehead atoms. The molecule has 0 spiro atoms. The van der Waals surface area contributed by atoms with Gasteiger partial charge in [0, 0.05) is 22.2 Å². The van der Waals surface area contributed by atoms with Crippen molar-refractivity contribution < 1.29 is 13.2 Å². The summed E-state index contributed by atoms with van der Waals surface area (Å²) in [7, 11) is 0. The molecule has 19 heavy (non-hydrogen) atoms. The van der Waals surface area contributed by atoms with Crippen LogP contribution in [0.25, 0.3) is 0 Å². The monoisotopic (exact) mass is 349 g/mol. The second-order valence-electron chi connectivity index (χ2n) is 3.90. The summed E-state index contributed by atoms with van der Waals surface area (Å²) in [5, 5.41) is 0.262. The molecular weight excluding hydrogens is 343 g/mol. The second-order valence-corrected chi connectivity index (χ2v) is 5.14. The Labute approximate surface area is 121 Å². The second kappa shape index (κ2) is 5.53. The van der Waals surface area contributed by atoms with Crippen molar-refractivity contribution in [1.29, 1.82) is 0 Å². The fourth-order valence-corrected chi connectivity index (χ4v) is 2.39. The molecule has 0 aliphatic carbocycles. The Kier molecular flexibility index (Phi) is 4.18. The van der Waals surface area contributed by atoms with Crippen LogP contribution in [-0.2, 0) is 0 Å². The molecule has 100 valence electrons. The predicted octanol–water partition coefficient (Wildman–Crippen LogP) is 4.57. The summed E-state index contributed by atoms with van der Waals surface area (Å²) in [6.45, 7) is 0. The highest BCUT2D eigenvalue weighted by molar-refractivity contribution is 9.10. The van der Waals surface area contributed by atoms with Gasteiger partial charge in [-0.15, -0.1) is 0 Å². The average molecular weight is 351 g/mol. The molecule has 1 unspecified atom stereocenters. The Hall–Kier alpha value is -1.04. The van der Waals surface area contributed by atoms with Crippen molar-refractivity contribution in [3.05, 3.63) is 68.4 Å². The zero-order chi connectivity index (χ0) is 14.2. The van der Waals surface area contributed by atoms with Crippen LogP contribution in [0.3, 0.4) is 0 Å². The van der Waals surface area contributed by atoms with E-state index in [9.17, 15) is 13.2 Å². The van der Waals surface area contributed by atoms with Gasteiger partial charge in [-0.3, -0.25) is 0 Å². The maximum Gasteiger partial charge on any atom is 0.134 e. The van der Waals surface area contributed by atoms with Crippen molar-refractivity contribution >= 4 is 27.5 Å². The Morgan fingerprint density at radius 2 is 1.68 bits per heavy atom. The van der Waals surface area contributed by atoms with E-state index in [0.717, 1.165) is 0 Å². The number of hydrogen-bond donors (Lipinski definition) is 1. The Morgan fingerprint density at radius 3 is 2.26 bits per heavy atom. The predicted molar refractivity (Wildman–Crippen MR) is 71.5 cm³/mol. The minimum atomic E-state index is -1.12. The smallest absolute Gasteiger partial charge is 0.134 e. The van der Waals surface area contributed by atoms with E-state index in [1.807, 2.05) is 0 Å². The van der Waals surface area contributed by atoms with Gasteiger partial charge in [0.25, 0.3) is 0 Å². The quantitative estimate of drug-likeness (QED) is 0.844. The van der Waals surface area contributed by atoms with Gasteiger partial charge in [0.05, 0.1) is 11.1 Å². The number of rotatable bonds is 2. The normalized spacial score (nSPS) is 12.5. The first-order valence-electron chi connectivity index (χ1n) is 5.25. The van der Waals surface area contributed by atoms with Crippen LogP contribution in [-0.4, -0.2) is 0 Å². The van der Waals surface area contributed by atoms with Crippen molar-refractivity contribution in [2.45, 2.75) is 6.04 Å². The van der Waals surface area contributed by atoms with E-state index in [2.05, 4.69) is 15.9 Å². The molecule has 0 aromatic heterocycles. The Bertz CT molecular complexity index is 610. The zero-order valence-electron chi connectivity index (χ0n) is 9.43. The van der Waals surface area contributed by atoms with Gasteiger partial charge in [-0.25, -0.2) is 13.2 Å². The van der Waals surface area contributed by atoms with Crippen LogP contribution in [0.4, 0.5) is 13.2 Å². The third-order valence-electron chi connectivity index (χ3n) is 2.67. The van der Waals surface area contributed by atoms with Gasteiger partial charge >= 0.3 is 0 Å². The van der Waals surface area contributed by atoms with Crippen molar-refractivity contribution in [2.24, 2.45) is 5.73 Å². The van der Waals surface area contributed by atoms with Crippen molar-refractivity contribution in [2.75, 3.05) is 0 Å². The summed E-state index contributed by atoms with van der Waals surface area (Å²) >= 11 is 9.23. The molecule has 2 aromatic rings. The molecule has 1 atom stereocenters. The fraction of sp³-hybridized carbons (Fsp3) is 0.0769. The maximum absolute atomic E-state index is 13.7. The van der Waals surface area contributed by atoms with Gasteiger partial charge in [-0.1, -0.05) is 23.7 Å². The minimum Gasteiger partial charge on any atom is -0.320 e. The first-order valence-corrected chi connectivity index (χ1v) is 6.43. The van der Waals surface area contributed by atoms with Crippen molar-refractivity contribution in [1.82, 2.24) is 0 Å². The molecule has 1 nitrogen and oxygen atoms in total. The van der Waals surface area contributed by atoms with E-state index < -0.39 is 29.1 Å². The summed E-state index contributed by atoms with van der Waals surface area (Å²) in [4.78, 5) is 0. The van der Waals surface area contributed by atoms with Gasteiger partial charge in [0.1, 0.15) is 17.5 Å². The lowest BCUT2D eigenvalue weighted by Gasteiger charge is -2.16. The highest BCUT2D eigenvalue weighted by Gasteiger charge is 2.22. The lowest BCUT2D eigenvalue weighted by Crippen LogP contribution is -2.16. The largest absolute Gasteiger partial charge is 0.320 e. The summed E-state index contributed by atoms with van der Waals surface area (Å²) in [6.07, 6.45) is 0. The first-order chi connectivity index (χ1) is 8.91. The molecule has 0 saturated heterocycles. The van der Waals surface area contributed by atoms with Gasteiger partial charge in [0.2, 0.25) is 0 Å². The number of nitrogens with two attached hydrogens (primary N) is 1. The maximum atomic E-state index is 13.7. The molecule has 2 rings (SSSR count). The summed E-state index contributed by atoms with van der Waals surface area (Å²) in [5.41, 5.74) is 5.76. The lowest BCUT2D eigenvalue weighted by molar-refractivity contribution is 0.515. The summed E-state index contributed by atoms with van der Waals surface area (Å²) in [6, 6.07) is 4.93. The van der Waals surface area contributed by atoms with Crippen LogP contribution in [0.15, 0.2) is 34.8 Å². The molecule has 0 fully saturated rings. The molecule has 6 heteroatoms. The molecule has 0 heterocycles. The van der Waals surface area contributed by atoms with Crippen molar-refractivity contribution in [3.63, 3.8) is 0 Å². The molecule has 0 aliphatic rings. The van der Waals surface area contributed by atoms with Gasteiger partial charge in [-0.2, -0.15) is 0 Å². The number of benzene rings is 2. The topological polar surface area (TPSA) is 26.0 Å². The average Bonchev–Trinajstić information content (AvgIpc) is 2.31. The third kappa shape index (κ3) is 2.78. The van der Waals surface area contributed by atoms with E-state index in [1.54, 1.807) is 18.2 Å². The molecule has 0 radical (unpaired) electrons. The van der Waals surface area contributed by atoms with Crippen LogP contribution in [0.5, 0.6) is 0 Å². The third-order valence-corrected chi connectivity index (χ3v) is 3.98. The van der Waals surface area contributed by atoms with Crippen LogP contribution < -0.4 is 5.73 Å². The Morgan fingerprint density at radius 1 is 1.11 bits per heavy atom. The summed E-state index contributed by atoms with van der Waals surface area (Å²) < 4.78 is 40.8. The molecule has 2 aromatic carbocycles. The summed E-state index contributed by atoms with van der Waals surface area (Å²) in [5.74, 6) is -3.08. The van der Waals surface area contributed by atoms with E-state index >= 15 is 0 Å². The van der Waals surface area contributed by atoms with Gasteiger partial charge in [0.15, 0.2) is 0 Å². The van der Waals surface area contributed by atoms with E-state index in [1.165, 1.54) is 0 Å². The molecule has 0 saturated carbocycles.